The number of hydrogen-bond acceptors (Lipinski definition) is 2. The van der Waals surface area contributed by atoms with E-state index in [0.717, 1.165) is 24.8 Å². The highest BCUT2D eigenvalue weighted by Crippen LogP contribution is 2.65. The van der Waals surface area contributed by atoms with Gasteiger partial charge < -0.3 is 9.80 Å². The quantitative estimate of drug-likeness (QED) is 0.748. The Morgan fingerprint density at radius 1 is 1.15 bits per heavy atom. The second-order valence-electron chi connectivity index (χ2n) is 8.82. The fourth-order valence-corrected chi connectivity index (χ4v) is 5.34. The van der Waals surface area contributed by atoms with Gasteiger partial charge in [0.15, 0.2) is 0 Å². The summed E-state index contributed by atoms with van der Waals surface area (Å²) in [6, 6.07) is 5.77. The topological polar surface area (TPSA) is 40.6 Å². The van der Waals surface area contributed by atoms with Crippen molar-refractivity contribution in [2.45, 2.75) is 33.1 Å². The third kappa shape index (κ3) is 2.70. The molecule has 0 spiro atoms. The summed E-state index contributed by atoms with van der Waals surface area (Å²) >= 11 is 0. The molecule has 2 amide bonds. The minimum Gasteiger partial charge on any atom is -0.338 e. The number of halogens is 1. The van der Waals surface area contributed by atoms with Crippen LogP contribution in [0.4, 0.5) is 4.39 Å². The minimum atomic E-state index is -0.410. The van der Waals surface area contributed by atoms with Crippen molar-refractivity contribution in [2.75, 3.05) is 26.2 Å². The molecule has 1 aliphatic heterocycles. The molecule has 144 valence electrons. The number of fused-ring (bicyclic) bond motifs is 2. The number of carbonyl (C=O) groups excluding carboxylic acids is 2. The third-order valence-electron chi connectivity index (χ3n) is 7.23. The first-order valence-corrected chi connectivity index (χ1v) is 9.80. The maximum Gasteiger partial charge on any atom is 0.254 e. The zero-order valence-corrected chi connectivity index (χ0v) is 16.1. The molecule has 2 saturated carbocycles. The summed E-state index contributed by atoms with van der Waals surface area (Å²) in [6.07, 6.45) is 2.91. The van der Waals surface area contributed by atoms with Gasteiger partial charge in [-0.1, -0.05) is 32.1 Å². The van der Waals surface area contributed by atoms with Crippen molar-refractivity contribution >= 4 is 11.8 Å². The van der Waals surface area contributed by atoms with Gasteiger partial charge in [-0.15, -0.1) is 0 Å². The second kappa shape index (κ2) is 6.18. The number of piperazine rings is 1. The Hall–Kier alpha value is -2.17. The van der Waals surface area contributed by atoms with Crippen LogP contribution in [0, 0.1) is 22.6 Å². The summed E-state index contributed by atoms with van der Waals surface area (Å²) in [4.78, 5) is 29.6. The highest BCUT2D eigenvalue weighted by molar-refractivity contribution is 5.94. The summed E-state index contributed by atoms with van der Waals surface area (Å²) < 4.78 is 13.4. The SMILES string of the molecule is C=C1C(C)(C)[C@@H]2CC[C@]1(C(=O)N1CCN(C(=O)c3cccc(F)c3)CC1)C2. The minimum absolute atomic E-state index is 0.0308. The lowest BCUT2D eigenvalue weighted by molar-refractivity contribution is -0.141. The Balaban J connectivity index is 1.43. The van der Waals surface area contributed by atoms with E-state index in [2.05, 4.69) is 20.4 Å². The normalized spacial score (nSPS) is 29.3. The molecule has 4 rings (SSSR count). The van der Waals surface area contributed by atoms with E-state index < -0.39 is 11.2 Å². The fraction of sp³-hybridized carbons (Fsp3) is 0.545. The van der Waals surface area contributed by atoms with E-state index in [9.17, 15) is 14.0 Å². The maximum atomic E-state index is 13.4. The largest absolute Gasteiger partial charge is 0.338 e. The lowest BCUT2D eigenvalue weighted by atomic mass is 9.68. The molecule has 0 unspecified atom stereocenters. The highest BCUT2D eigenvalue weighted by Gasteiger charge is 2.61. The summed E-state index contributed by atoms with van der Waals surface area (Å²) in [7, 11) is 0. The first kappa shape index (κ1) is 18.2. The van der Waals surface area contributed by atoms with Crippen molar-refractivity contribution < 1.29 is 14.0 Å². The average Bonchev–Trinajstić information content (AvgIpc) is 3.20. The number of hydrogen-bond donors (Lipinski definition) is 0. The molecule has 1 heterocycles. The molecule has 27 heavy (non-hydrogen) atoms. The van der Waals surface area contributed by atoms with Gasteiger partial charge in [0.1, 0.15) is 5.82 Å². The van der Waals surface area contributed by atoms with Crippen LogP contribution >= 0.6 is 0 Å². The van der Waals surface area contributed by atoms with Gasteiger partial charge in [0.05, 0.1) is 5.41 Å². The van der Waals surface area contributed by atoms with Crippen molar-refractivity contribution in [1.29, 1.82) is 0 Å². The van der Waals surface area contributed by atoms with Crippen molar-refractivity contribution in [3.05, 3.63) is 47.8 Å². The molecule has 2 bridgehead atoms. The Bertz CT molecular complexity index is 810. The van der Waals surface area contributed by atoms with E-state index in [1.807, 2.05) is 4.90 Å². The molecule has 1 aromatic rings. The Morgan fingerprint density at radius 3 is 2.41 bits per heavy atom. The summed E-state index contributed by atoms with van der Waals surface area (Å²) in [6.45, 7) is 10.8. The number of nitrogens with zero attached hydrogens (tertiary/aromatic N) is 2. The molecule has 2 aliphatic carbocycles. The lowest BCUT2D eigenvalue weighted by Crippen LogP contribution is -2.54. The van der Waals surface area contributed by atoms with Crippen molar-refractivity contribution in [3.63, 3.8) is 0 Å². The molecule has 0 N–H and O–H groups in total. The van der Waals surface area contributed by atoms with Gasteiger partial charge in [0.25, 0.3) is 5.91 Å². The molecule has 5 heteroatoms. The second-order valence-corrected chi connectivity index (χ2v) is 8.82. The van der Waals surface area contributed by atoms with Crippen LogP contribution in [0.3, 0.4) is 0 Å². The molecule has 2 atom stereocenters. The highest BCUT2D eigenvalue weighted by atomic mass is 19.1. The fourth-order valence-electron chi connectivity index (χ4n) is 5.34. The van der Waals surface area contributed by atoms with Gasteiger partial charge in [0, 0.05) is 31.7 Å². The predicted molar refractivity (Wildman–Crippen MR) is 102 cm³/mol. The van der Waals surface area contributed by atoms with Gasteiger partial charge in [-0.3, -0.25) is 9.59 Å². The molecule has 0 radical (unpaired) electrons. The van der Waals surface area contributed by atoms with Crippen LogP contribution in [0.1, 0.15) is 43.5 Å². The van der Waals surface area contributed by atoms with Crippen LogP contribution in [0.15, 0.2) is 36.4 Å². The number of carbonyl (C=O) groups is 2. The van der Waals surface area contributed by atoms with Gasteiger partial charge in [-0.25, -0.2) is 4.39 Å². The summed E-state index contributed by atoms with van der Waals surface area (Å²) in [5.74, 6) is 0.155. The van der Waals surface area contributed by atoms with E-state index in [-0.39, 0.29) is 17.2 Å². The molecule has 4 nitrogen and oxygen atoms in total. The first-order valence-electron chi connectivity index (χ1n) is 9.80. The van der Waals surface area contributed by atoms with Gasteiger partial charge >= 0.3 is 0 Å². The smallest absolute Gasteiger partial charge is 0.254 e. The third-order valence-corrected chi connectivity index (χ3v) is 7.23. The van der Waals surface area contributed by atoms with E-state index in [4.69, 9.17) is 0 Å². The van der Waals surface area contributed by atoms with Crippen LogP contribution in [-0.4, -0.2) is 47.8 Å². The van der Waals surface area contributed by atoms with E-state index in [1.165, 1.54) is 12.1 Å². The monoisotopic (exact) mass is 370 g/mol. The van der Waals surface area contributed by atoms with E-state index in [1.54, 1.807) is 17.0 Å². The average molecular weight is 370 g/mol. The zero-order chi connectivity index (χ0) is 19.4. The van der Waals surface area contributed by atoms with Crippen LogP contribution < -0.4 is 0 Å². The maximum absolute atomic E-state index is 13.4. The Kier molecular flexibility index (Phi) is 4.17. The van der Waals surface area contributed by atoms with Gasteiger partial charge in [-0.2, -0.15) is 0 Å². The lowest BCUT2D eigenvalue weighted by Gasteiger charge is -2.42. The Morgan fingerprint density at radius 2 is 1.81 bits per heavy atom. The van der Waals surface area contributed by atoms with E-state index in [0.29, 0.717) is 37.7 Å². The summed E-state index contributed by atoms with van der Waals surface area (Å²) in [5.41, 5.74) is 1.08. The Labute approximate surface area is 160 Å². The molecule has 1 aromatic carbocycles. The molecule has 3 aliphatic rings. The molecule has 0 aromatic heterocycles. The van der Waals surface area contributed by atoms with Crippen molar-refractivity contribution in [2.24, 2.45) is 16.7 Å². The van der Waals surface area contributed by atoms with Crippen molar-refractivity contribution in [1.82, 2.24) is 9.80 Å². The standard InChI is InChI=1S/C22H27FN2O2/c1-15-21(2,3)17-7-8-22(15,14-17)20(27)25-11-9-24(10-12-25)19(26)16-5-4-6-18(23)13-16/h4-6,13,17H,1,7-12,14H2,2-3H3/t17-,22+/m1/s1. The predicted octanol–water partition coefficient (Wildman–Crippen LogP) is 3.49. The van der Waals surface area contributed by atoms with Crippen molar-refractivity contribution in [3.8, 4) is 0 Å². The van der Waals surface area contributed by atoms with Crippen LogP contribution in [0.2, 0.25) is 0 Å². The van der Waals surface area contributed by atoms with Crippen LogP contribution in [0.5, 0.6) is 0 Å². The van der Waals surface area contributed by atoms with Gasteiger partial charge in [0.2, 0.25) is 5.91 Å². The summed E-state index contributed by atoms with van der Waals surface area (Å²) in [5, 5.41) is 0. The molecule has 3 fully saturated rings. The van der Waals surface area contributed by atoms with E-state index >= 15 is 0 Å². The molecular weight excluding hydrogens is 343 g/mol. The van der Waals surface area contributed by atoms with Crippen LogP contribution in [-0.2, 0) is 4.79 Å². The first-order chi connectivity index (χ1) is 12.8. The molecular formula is C22H27FN2O2. The van der Waals surface area contributed by atoms with Crippen LogP contribution in [0.25, 0.3) is 0 Å². The number of benzene rings is 1. The number of amides is 2. The zero-order valence-electron chi connectivity index (χ0n) is 16.1. The molecule has 1 saturated heterocycles. The van der Waals surface area contributed by atoms with Gasteiger partial charge in [-0.05, 0) is 48.8 Å². The number of rotatable bonds is 2.